The number of benzene rings is 2. The number of nitrogens with zero attached hydrogens (tertiary/aromatic N) is 2. The van der Waals surface area contributed by atoms with Gasteiger partial charge in [0.2, 0.25) is 5.91 Å². The highest BCUT2D eigenvalue weighted by molar-refractivity contribution is 5.88. The monoisotopic (exact) mass is 389 g/mol. The van der Waals surface area contributed by atoms with E-state index in [0.717, 1.165) is 42.8 Å². The minimum absolute atomic E-state index is 0.112. The van der Waals surface area contributed by atoms with Gasteiger partial charge in [-0.15, -0.1) is 0 Å². The number of carbonyl (C=O) groups excluding carboxylic acids is 1. The van der Waals surface area contributed by atoms with E-state index >= 15 is 0 Å². The number of nitrogens with one attached hydrogen (secondary N) is 1. The Morgan fingerprint density at radius 3 is 2.45 bits per heavy atom. The molecule has 0 spiro atoms. The third-order valence-electron chi connectivity index (χ3n) is 5.72. The highest BCUT2D eigenvalue weighted by Gasteiger charge is 2.41. The normalized spacial score (nSPS) is 15.7. The summed E-state index contributed by atoms with van der Waals surface area (Å²) in [6.07, 6.45) is 6.12. The van der Waals surface area contributed by atoms with Crippen molar-refractivity contribution in [3.05, 3.63) is 78.6 Å². The van der Waals surface area contributed by atoms with Gasteiger partial charge in [-0.3, -0.25) is 4.79 Å². The third-order valence-corrected chi connectivity index (χ3v) is 5.72. The minimum Gasteiger partial charge on any atom is -0.381 e. The van der Waals surface area contributed by atoms with Crippen molar-refractivity contribution in [3.63, 3.8) is 0 Å². The van der Waals surface area contributed by atoms with Crippen LogP contribution >= 0.6 is 0 Å². The van der Waals surface area contributed by atoms with E-state index in [0.29, 0.717) is 19.8 Å². The van der Waals surface area contributed by atoms with Gasteiger partial charge in [0, 0.05) is 44.3 Å². The van der Waals surface area contributed by atoms with Crippen LogP contribution in [-0.2, 0) is 21.5 Å². The Bertz CT molecular complexity index is 916. The third kappa shape index (κ3) is 4.25. The van der Waals surface area contributed by atoms with Gasteiger partial charge in [-0.1, -0.05) is 60.7 Å². The van der Waals surface area contributed by atoms with Gasteiger partial charge in [0.25, 0.3) is 0 Å². The van der Waals surface area contributed by atoms with Crippen LogP contribution in [0.1, 0.15) is 24.8 Å². The van der Waals surface area contributed by atoms with Crippen molar-refractivity contribution in [3.8, 4) is 11.4 Å². The lowest BCUT2D eigenvalue weighted by molar-refractivity contribution is -0.130. The first kappa shape index (κ1) is 19.4. The number of hydrogen-bond donors (Lipinski definition) is 1. The lowest BCUT2D eigenvalue weighted by atomic mass is 9.73. The lowest BCUT2D eigenvalue weighted by Crippen LogP contribution is -2.48. The Morgan fingerprint density at radius 1 is 1.03 bits per heavy atom. The molecule has 1 aliphatic heterocycles. The fourth-order valence-electron chi connectivity index (χ4n) is 4.08. The van der Waals surface area contributed by atoms with Crippen molar-refractivity contribution in [2.45, 2.75) is 31.2 Å². The molecule has 5 heteroatoms. The molecular formula is C24H27N3O2. The highest BCUT2D eigenvalue weighted by Crippen LogP contribution is 2.35. The molecule has 0 unspecified atom stereocenters. The second kappa shape index (κ2) is 9.05. The predicted molar refractivity (Wildman–Crippen MR) is 113 cm³/mol. The van der Waals surface area contributed by atoms with Crippen LogP contribution in [0.25, 0.3) is 11.4 Å². The largest absolute Gasteiger partial charge is 0.381 e. The summed E-state index contributed by atoms with van der Waals surface area (Å²) in [6, 6.07) is 20.3. The van der Waals surface area contributed by atoms with E-state index in [4.69, 9.17) is 4.74 Å². The molecule has 5 nitrogen and oxygen atoms in total. The number of ether oxygens (including phenoxy) is 1. The summed E-state index contributed by atoms with van der Waals surface area (Å²) in [5, 5.41) is 3.19. The number of hydrogen-bond acceptors (Lipinski definition) is 3. The van der Waals surface area contributed by atoms with Crippen LogP contribution in [0.5, 0.6) is 0 Å². The molecule has 29 heavy (non-hydrogen) atoms. The van der Waals surface area contributed by atoms with Gasteiger partial charge in [-0.2, -0.15) is 0 Å². The summed E-state index contributed by atoms with van der Waals surface area (Å²) in [5.74, 6) is 1.07. The fourth-order valence-corrected chi connectivity index (χ4v) is 4.08. The summed E-state index contributed by atoms with van der Waals surface area (Å²) < 4.78 is 7.68. The molecule has 0 bridgehead atoms. The Balaban J connectivity index is 1.37. The van der Waals surface area contributed by atoms with E-state index in [-0.39, 0.29) is 5.91 Å². The van der Waals surface area contributed by atoms with E-state index < -0.39 is 5.41 Å². The molecule has 0 aliphatic carbocycles. The molecule has 1 fully saturated rings. The van der Waals surface area contributed by atoms with Gasteiger partial charge in [-0.05, 0) is 24.8 Å². The number of rotatable bonds is 7. The van der Waals surface area contributed by atoms with E-state index in [1.54, 1.807) is 0 Å². The smallest absolute Gasteiger partial charge is 0.230 e. The van der Waals surface area contributed by atoms with E-state index in [1.165, 1.54) is 0 Å². The van der Waals surface area contributed by atoms with Crippen LogP contribution in [0.15, 0.2) is 73.1 Å². The molecule has 1 saturated heterocycles. The molecule has 2 heterocycles. The Morgan fingerprint density at radius 2 is 1.72 bits per heavy atom. The molecule has 3 aromatic rings. The maximum Gasteiger partial charge on any atom is 0.230 e. The topological polar surface area (TPSA) is 56.2 Å². The van der Waals surface area contributed by atoms with Gasteiger partial charge in [-0.25, -0.2) is 4.98 Å². The van der Waals surface area contributed by atoms with Crippen molar-refractivity contribution in [2.24, 2.45) is 0 Å². The van der Waals surface area contributed by atoms with Crippen molar-refractivity contribution in [1.29, 1.82) is 0 Å². The SMILES string of the molecule is O=C(NCCCn1ccnc1-c1ccccc1)C1(c2ccccc2)CCOCC1. The Kier molecular flexibility index (Phi) is 6.06. The van der Waals surface area contributed by atoms with Crippen LogP contribution in [0.3, 0.4) is 0 Å². The van der Waals surface area contributed by atoms with Crippen molar-refractivity contribution < 1.29 is 9.53 Å². The molecule has 0 saturated carbocycles. The Hall–Kier alpha value is -2.92. The number of aromatic nitrogens is 2. The first-order valence-electron chi connectivity index (χ1n) is 10.3. The van der Waals surface area contributed by atoms with Crippen LogP contribution in [0, 0.1) is 0 Å². The summed E-state index contributed by atoms with van der Waals surface area (Å²) in [6.45, 7) is 2.70. The zero-order chi connectivity index (χ0) is 19.9. The van der Waals surface area contributed by atoms with Crippen LogP contribution < -0.4 is 5.32 Å². The maximum absolute atomic E-state index is 13.2. The quantitative estimate of drug-likeness (QED) is 0.625. The summed E-state index contributed by atoms with van der Waals surface area (Å²) in [4.78, 5) is 17.7. The number of amides is 1. The van der Waals surface area contributed by atoms with Gasteiger partial charge >= 0.3 is 0 Å². The zero-order valence-electron chi connectivity index (χ0n) is 16.6. The number of imidazole rings is 1. The molecule has 1 amide bonds. The highest BCUT2D eigenvalue weighted by atomic mass is 16.5. The summed E-state index contributed by atoms with van der Waals surface area (Å²) >= 11 is 0. The molecule has 1 aromatic heterocycles. The molecular weight excluding hydrogens is 362 g/mol. The molecule has 0 atom stereocenters. The maximum atomic E-state index is 13.2. The molecule has 0 radical (unpaired) electrons. The van der Waals surface area contributed by atoms with Crippen LogP contribution in [0.4, 0.5) is 0 Å². The Labute approximate surface area is 171 Å². The minimum atomic E-state index is -0.482. The van der Waals surface area contributed by atoms with Gasteiger partial charge in [0.05, 0.1) is 5.41 Å². The zero-order valence-corrected chi connectivity index (χ0v) is 16.6. The average Bonchev–Trinajstić information content (AvgIpc) is 3.27. The second-order valence-electron chi connectivity index (χ2n) is 7.48. The average molecular weight is 389 g/mol. The van der Waals surface area contributed by atoms with Crippen molar-refractivity contribution in [1.82, 2.24) is 14.9 Å². The van der Waals surface area contributed by atoms with Crippen LogP contribution in [0.2, 0.25) is 0 Å². The molecule has 4 rings (SSSR count). The van der Waals surface area contributed by atoms with Crippen molar-refractivity contribution >= 4 is 5.91 Å². The molecule has 2 aromatic carbocycles. The van der Waals surface area contributed by atoms with Gasteiger partial charge < -0.3 is 14.6 Å². The second-order valence-corrected chi connectivity index (χ2v) is 7.48. The summed E-state index contributed by atoms with van der Waals surface area (Å²) in [5.41, 5.74) is 1.71. The standard InChI is InChI=1S/C24H27N3O2/c28-23(24(12-18-29-19-13-24)21-10-5-2-6-11-21)26-14-7-16-27-17-15-25-22(27)20-8-3-1-4-9-20/h1-6,8-11,15,17H,7,12-14,16,18-19H2,(H,26,28). The lowest BCUT2D eigenvalue weighted by Gasteiger charge is -2.36. The van der Waals surface area contributed by atoms with E-state index in [9.17, 15) is 4.79 Å². The molecule has 1 N–H and O–H groups in total. The first-order chi connectivity index (χ1) is 14.3. The van der Waals surface area contributed by atoms with Gasteiger partial charge in [0.1, 0.15) is 5.82 Å². The fraction of sp³-hybridized carbons (Fsp3) is 0.333. The number of carbonyl (C=O) groups is 1. The number of aryl methyl sites for hydroxylation is 1. The summed E-state index contributed by atoms with van der Waals surface area (Å²) in [7, 11) is 0. The molecule has 150 valence electrons. The van der Waals surface area contributed by atoms with Gasteiger partial charge in [0.15, 0.2) is 0 Å². The predicted octanol–water partition coefficient (Wildman–Crippen LogP) is 3.80. The molecule has 1 aliphatic rings. The van der Waals surface area contributed by atoms with Crippen LogP contribution in [-0.4, -0.2) is 35.2 Å². The van der Waals surface area contributed by atoms with E-state index in [1.807, 2.05) is 48.8 Å². The first-order valence-corrected chi connectivity index (χ1v) is 10.3. The van der Waals surface area contributed by atoms with Crippen molar-refractivity contribution in [2.75, 3.05) is 19.8 Å². The van der Waals surface area contributed by atoms with E-state index in [2.05, 4.69) is 39.1 Å².